The maximum atomic E-state index is 13.9. The zero-order valence-corrected chi connectivity index (χ0v) is 21.2. The monoisotopic (exact) mass is 564 g/mol. The first-order valence-electron chi connectivity index (χ1n) is 11.1. The molecule has 0 spiro atoms. The Labute approximate surface area is 218 Å². The molecule has 2 aromatic heterocycles. The number of carbonyl (C=O) groups excluding carboxylic acids is 1. The van der Waals surface area contributed by atoms with Crippen molar-refractivity contribution in [2.75, 3.05) is 4.31 Å². The normalized spacial score (nSPS) is 15.8. The minimum Gasteiger partial charge on any atom is -0.406 e. The topological polar surface area (TPSA) is 110 Å². The van der Waals surface area contributed by atoms with Gasteiger partial charge in [-0.25, -0.2) is 13.2 Å². The summed E-state index contributed by atoms with van der Waals surface area (Å²) in [4.78, 5) is 20.0. The molecule has 198 valence electrons. The second kappa shape index (κ2) is 9.78. The average molecular weight is 565 g/mol. The van der Waals surface area contributed by atoms with Crippen LogP contribution in [0.1, 0.15) is 23.0 Å². The minimum absolute atomic E-state index is 0.111. The Morgan fingerprint density at radius 3 is 2.45 bits per heavy atom. The van der Waals surface area contributed by atoms with Crippen molar-refractivity contribution >= 4 is 42.5 Å². The number of carbonyl (C=O) groups is 1. The van der Waals surface area contributed by atoms with Crippen molar-refractivity contribution in [1.29, 1.82) is 0 Å². The van der Waals surface area contributed by atoms with E-state index in [0.717, 1.165) is 27.8 Å². The van der Waals surface area contributed by atoms with Crippen LogP contribution in [0.5, 0.6) is 5.75 Å². The number of hydroxylamine groups is 1. The van der Waals surface area contributed by atoms with E-state index in [2.05, 4.69) is 25.4 Å². The predicted molar refractivity (Wildman–Crippen MR) is 133 cm³/mol. The third-order valence-corrected chi connectivity index (χ3v) is 8.84. The van der Waals surface area contributed by atoms with Gasteiger partial charge in [-0.3, -0.25) is 14.6 Å². The van der Waals surface area contributed by atoms with Crippen LogP contribution in [-0.4, -0.2) is 25.9 Å². The van der Waals surface area contributed by atoms with Crippen molar-refractivity contribution in [2.45, 2.75) is 30.9 Å². The van der Waals surface area contributed by atoms with Crippen LogP contribution in [0.2, 0.25) is 0 Å². The van der Waals surface area contributed by atoms with Crippen molar-refractivity contribution in [3.05, 3.63) is 83.7 Å². The molecular formula is C24H19F3N4O5S2. The first-order chi connectivity index (χ1) is 18.0. The molecule has 3 heterocycles. The van der Waals surface area contributed by atoms with Gasteiger partial charge < -0.3 is 9.57 Å². The van der Waals surface area contributed by atoms with Crippen LogP contribution < -0.4 is 19.8 Å². The highest BCUT2D eigenvalue weighted by molar-refractivity contribution is 7.93. The smallest absolute Gasteiger partial charge is 0.406 e. The number of rotatable bonds is 7. The number of aryl methyl sites for hydroxylation is 1. The molecular weight excluding hydrogens is 545 g/mol. The van der Waals surface area contributed by atoms with Gasteiger partial charge in [0, 0.05) is 10.9 Å². The molecule has 5 rings (SSSR count). The van der Waals surface area contributed by atoms with E-state index in [9.17, 15) is 26.4 Å². The third-order valence-electron chi connectivity index (χ3n) is 5.70. The molecule has 9 nitrogen and oxygen atoms in total. The number of hydrogen-bond acceptors (Lipinski definition) is 8. The molecule has 0 saturated carbocycles. The van der Waals surface area contributed by atoms with Crippen LogP contribution in [0.4, 0.5) is 23.0 Å². The quantitative estimate of drug-likeness (QED) is 0.320. The highest BCUT2D eigenvalue weighted by Gasteiger charge is 2.32. The Bertz CT molecular complexity index is 1590. The van der Waals surface area contributed by atoms with Gasteiger partial charge in [-0.1, -0.05) is 30.3 Å². The highest BCUT2D eigenvalue weighted by atomic mass is 32.2. The summed E-state index contributed by atoms with van der Waals surface area (Å²) in [6.07, 6.45) is -5.09. The van der Waals surface area contributed by atoms with Crippen molar-refractivity contribution < 1.29 is 36.0 Å². The molecule has 2 aromatic carbocycles. The first-order valence-corrected chi connectivity index (χ1v) is 13.3. The summed E-state index contributed by atoms with van der Waals surface area (Å²) in [5.74, 6) is -0.412. The Balaban J connectivity index is 1.52. The van der Waals surface area contributed by atoms with E-state index in [4.69, 9.17) is 0 Å². The van der Waals surface area contributed by atoms with Gasteiger partial charge in [0.05, 0.1) is 12.2 Å². The van der Waals surface area contributed by atoms with E-state index < -0.39 is 34.4 Å². The number of hydrogen-bond donors (Lipinski definition) is 2. The average Bonchev–Trinajstić information content (AvgIpc) is 3.46. The van der Waals surface area contributed by atoms with Gasteiger partial charge in [0.15, 0.2) is 6.17 Å². The molecule has 1 aliphatic rings. The molecule has 0 aliphatic carbocycles. The molecule has 2 N–H and O–H groups in total. The number of nitrogens with zero attached hydrogens (tertiary/aromatic N) is 2. The third kappa shape index (κ3) is 5.23. The number of nitrogens with one attached hydrogen (secondary N) is 2. The fourth-order valence-electron chi connectivity index (χ4n) is 3.89. The fourth-order valence-corrected chi connectivity index (χ4v) is 6.77. The zero-order valence-electron chi connectivity index (χ0n) is 19.5. The summed E-state index contributed by atoms with van der Waals surface area (Å²) < 4.78 is 71.5. The summed E-state index contributed by atoms with van der Waals surface area (Å²) in [7, 11) is -4.18. The van der Waals surface area contributed by atoms with E-state index in [1.165, 1.54) is 46.1 Å². The highest BCUT2D eigenvalue weighted by Crippen LogP contribution is 2.40. The van der Waals surface area contributed by atoms with Crippen LogP contribution in [0.15, 0.2) is 71.8 Å². The van der Waals surface area contributed by atoms with Gasteiger partial charge in [0.2, 0.25) is 0 Å². The lowest BCUT2D eigenvalue weighted by Crippen LogP contribution is -2.31. The van der Waals surface area contributed by atoms with Gasteiger partial charge in [0.25, 0.3) is 10.0 Å². The Morgan fingerprint density at radius 1 is 1.11 bits per heavy atom. The summed E-state index contributed by atoms with van der Waals surface area (Å²) in [5.41, 5.74) is 3.96. The number of alkyl halides is 3. The molecule has 1 atom stereocenters. The van der Waals surface area contributed by atoms with E-state index in [0.29, 0.717) is 16.3 Å². The largest absolute Gasteiger partial charge is 0.573 e. The number of halogens is 3. The Kier molecular flexibility index (Phi) is 6.63. The summed E-state index contributed by atoms with van der Waals surface area (Å²) in [6, 6.07) is 15.3. The number of anilines is 1. The van der Waals surface area contributed by atoms with Crippen LogP contribution in [0.25, 0.3) is 10.1 Å². The van der Waals surface area contributed by atoms with Gasteiger partial charge in [0.1, 0.15) is 15.6 Å². The molecule has 1 amide bonds. The SMILES string of the molecule is Cc1c(N(Cc2ccc(OC(F)(F)F)cc2)S(=O)(=O)c2ccc(C3NOC(=O)N3)nc2)sc2ccccc12. The molecule has 0 bridgehead atoms. The van der Waals surface area contributed by atoms with Crippen molar-refractivity contribution in [3.63, 3.8) is 0 Å². The van der Waals surface area contributed by atoms with E-state index in [1.54, 1.807) is 0 Å². The number of aromatic nitrogens is 1. The second-order valence-electron chi connectivity index (χ2n) is 8.24. The maximum Gasteiger partial charge on any atom is 0.573 e. The van der Waals surface area contributed by atoms with Gasteiger partial charge >= 0.3 is 12.5 Å². The molecule has 14 heteroatoms. The number of benzene rings is 2. The number of thiophene rings is 1. The van der Waals surface area contributed by atoms with E-state index >= 15 is 0 Å². The second-order valence-corrected chi connectivity index (χ2v) is 11.1. The lowest BCUT2D eigenvalue weighted by atomic mass is 10.2. The molecule has 0 radical (unpaired) electrons. The maximum absolute atomic E-state index is 13.9. The van der Waals surface area contributed by atoms with Crippen LogP contribution in [0.3, 0.4) is 0 Å². The fraction of sp³-hybridized carbons (Fsp3) is 0.167. The Hall–Kier alpha value is -3.88. The molecule has 1 aliphatic heterocycles. The Morgan fingerprint density at radius 2 is 1.84 bits per heavy atom. The van der Waals surface area contributed by atoms with Gasteiger partial charge in [-0.15, -0.1) is 30.0 Å². The molecule has 38 heavy (non-hydrogen) atoms. The summed E-state index contributed by atoms with van der Waals surface area (Å²) in [5, 5.41) is 3.83. The van der Waals surface area contributed by atoms with Crippen molar-refractivity contribution in [3.8, 4) is 5.75 Å². The number of ether oxygens (including phenoxy) is 1. The van der Waals surface area contributed by atoms with Crippen molar-refractivity contribution in [2.24, 2.45) is 0 Å². The predicted octanol–water partition coefficient (Wildman–Crippen LogP) is 5.14. The number of pyridine rings is 1. The zero-order chi connectivity index (χ0) is 27.1. The lowest BCUT2D eigenvalue weighted by Gasteiger charge is -2.24. The number of sulfonamides is 1. The molecule has 4 aromatic rings. The standard InChI is InChI=1S/C24H19F3N4O5S2/c1-14-18-4-2-3-5-20(18)37-22(14)31(13-15-6-8-16(9-7-15)35-24(25,26)27)38(33,34)17-10-11-19(28-12-17)21-29-23(32)36-30-21/h2-12,21,30H,13H2,1H3,(H,29,32). The molecule has 1 fully saturated rings. The van der Waals surface area contributed by atoms with E-state index in [1.807, 2.05) is 31.2 Å². The summed E-state index contributed by atoms with van der Waals surface area (Å²) in [6.45, 7) is 1.66. The summed E-state index contributed by atoms with van der Waals surface area (Å²) >= 11 is 1.29. The van der Waals surface area contributed by atoms with Crippen LogP contribution in [0, 0.1) is 6.92 Å². The van der Waals surface area contributed by atoms with Crippen molar-refractivity contribution in [1.82, 2.24) is 15.8 Å². The first kappa shape index (κ1) is 25.8. The van der Waals surface area contributed by atoms with E-state index in [-0.39, 0.29) is 11.4 Å². The number of amides is 1. The van der Waals surface area contributed by atoms with Crippen LogP contribution >= 0.6 is 11.3 Å². The molecule has 1 unspecified atom stereocenters. The minimum atomic E-state index is -4.84. The number of fused-ring (bicyclic) bond motifs is 1. The molecule has 1 saturated heterocycles. The van der Waals surface area contributed by atoms with Crippen LogP contribution in [-0.2, 0) is 21.4 Å². The van der Waals surface area contributed by atoms with Gasteiger partial charge in [-0.05, 0) is 53.8 Å². The lowest BCUT2D eigenvalue weighted by molar-refractivity contribution is -0.274. The van der Waals surface area contributed by atoms with Gasteiger partial charge in [-0.2, -0.15) is 0 Å².